The van der Waals surface area contributed by atoms with Gasteiger partial charge >= 0.3 is 7.12 Å². The van der Waals surface area contributed by atoms with E-state index in [1.807, 2.05) is 13.0 Å². The Balaban J connectivity index is 2.10. The van der Waals surface area contributed by atoms with E-state index < -0.39 is 7.12 Å². The number of hydrogen-bond donors (Lipinski definition) is 3. The summed E-state index contributed by atoms with van der Waals surface area (Å²) in [6.07, 6.45) is 2.77. The molecule has 1 amide bonds. The van der Waals surface area contributed by atoms with Crippen molar-refractivity contribution in [1.29, 1.82) is 0 Å². The van der Waals surface area contributed by atoms with Gasteiger partial charge in [-0.15, -0.1) is 0 Å². The summed E-state index contributed by atoms with van der Waals surface area (Å²) in [5.74, 6) is 0.459. The fourth-order valence-corrected chi connectivity index (χ4v) is 1.80. The van der Waals surface area contributed by atoms with Crippen molar-refractivity contribution in [3.05, 3.63) is 23.8 Å². The zero-order valence-electron chi connectivity index (χ0n) is 9.81. The van der Waals surface area contributed by atoms with E-state index in [1.54, 1.807) is 12.1 Å². The van der Waals surface area contributed by atoms with Crippen molar-refractivity contribution in [2.24, 2.45) is 5.92 Å². The van der Waals surface area contributed by atoms with Crippen molar-refractivity contribution in [3.63, 3.8) is 0 Å². The second kappa shape index (κ2) is 4.90. The maximum atomic E-state index is 11.6. The first-order valence-electron chi connectivity index (χ1n) is 5.83. The largest absolute Gasteiger partial charge is 0.490 e. The van der Waals surface area contributed by atoms with E-state index in [9.17, 15) is 14.8 Å². The molecule has 17 heavy (non-hydrogen) atoms. The Morgan fingerprint density at radius 2 is 2.18 bits per heavy atom. The Bertz CT molecular complexity index is 430. The third-order valence-electron chi connectivity index (χ3n) is 2.93. The van der Waals surface area contributed by atoms with Gasteiger partial charge in [-0.2, -0.15) is 0 Å². The zero-order valence-corrected chi connectivity index (χ0v) is 9.81. The summed E-state index contributed by atoms with van der Waals surface area (Å²) in [7, 11) is -1.56. The van der Waals surface area contributed by atoms with E-state index in [0.717, 1.165) is 18.4 Å². The van der Waals surface area contributed by atoms with Crippen LogP contribution in [0.4, 0.5) is 5.69 Å². The molecular formula is C12H16BNO3. The Hall–Kier alpha value is -1.33. The summed E-state index contributed by atoms with van der Waals surface area (Å²) >= 11 is 0. The molecule has 0 spiro atoms. The molecule has 0 heterocycles. The third kappa shape index (κ3) is 3.31. The molecule has 1 fully saturated rings. The van der Waals surface area contributed by atoms with Crippen LogP contribution in [0.5, 0.6) is 0 Å². The molecule has 0 bridgehead atoms. The van der Waals surface area contributed by atoms with Crippen LogP contribution in [0.2, 0.25) is 0 Å². The van der Waals surface area contributed by atoms with Crippen molar-refractivity contribution in [3.8, 4) is 0 Å². The monoisotopic (exact) mass is 233 g/mol. The number of anilines is 1. The van der Waals surface area contributed by atoms with Gasteiger partial charge in [0, 0.05) is 17.6 Å². The van der Waals surface area contributed by atoms with Crippen molar-refractivity contribution >= 4 is 24.2 Å². The molecule has 0 atom stereocenters. The van der Waals surface area contributed by atoms with Gasteiger partial charge in [0.1, 0.15) is 0 Å². The highest BCUT2D eigenvalue weighted by atomic mass is 16.4. The molecule has 90 valence electrons. The lowest BCUT2D eigenvalue weighted by molar-refractivity contribution is -0.116. The first kappa shape index (κ1) is 12.1. The second-order valence-electron chi connectivity index (χ2n) is 4.66. The number of nitrogens with one attached hydrogen (secondary N) is 1. The Morgan fingerprint density at radius 1 is 1.47 bits per heavy atom. The number of carbonyl (C=O) groups is 1. The van der Waals surface area contributed by atoms with Crippen molar-refractivity contribution < 1.29 is 14.8 Å². The first-order valence-corrected chi connectivity index (χ1v) is 5.83. The van der Waals surface area contributed by atoms with Gasteiger partial charge < -0.3 is 15.4 Å². The lowest BCUT2D eigenvalue weighted by atomic mass is 9.78. The number of hydrogen-bond acceptors (Lipinski definition) is 3. The van der Waals surface area contributed by atoms with Crippen LogP contribution in [-0.2, 0) is 4.79 Å². The minimum atomic E-state index is -1.56. The quantitative estimate of drug-likeness (QED) is 0.660. The minimum absolute atomic E-state index is 0.0572. The van der Waals surface area contributed by atoms with Gasteiger partial charge in [0.05, 0.1) is 0 Å². The highest BCUT2D eigenvalue weighted by Crippen LogP contribution is 2.32. The summed E-state index contributed by atoms with van der Waals surface area (Å²) in [5.41, 5.74) is 1.75. The molecule has 0 unspecified atom stereocenters. The predicted molar refractivity (Wildman–Crippen MR) is 67.0 cm³/mol. The van der Waals surface area contributed by atoms with Crippen LogP contribution in [0.3, 0.4) is 0 Å². The van der Waals surface area contributed by atoms with Crippen LogP contribution >= 0.6 is 0 Å². The standard InChI is InChI=1S/C12H16BNO3/c1-8-2-5-11(10(6-8)13(16)17)14-12(15)7-9-3-4-9/h2,5-6,9,16-17H,3-4,7H2,1H3,(H,14,15). The van der Waals surface area contributed by atoms with Gasteiger partial charge in [0.2, 0.25) is 5.91 Å². The lowest BCUT2D eigenvalue weighted by Crippen LogP contribution is -2.33. The maximum absolute atomic E-state index is 11.6. The molecule has 0 aromatic heterocycles. The zero-order chi connectivity index (χ0) is 12.4. The van der Waals surface area contributed by atoms with E-state index in [-0.39, 0.29) is 5.91 Å². The lowest BCUT2D eigenvalue weighted by Gasteiger charge is -2.11. The van der Waals surface area contributed by atoms with E-state index in [1.165, 1.54) is 0 Å². The second-order valence-corrected chi connectivity index (χ2v) is 4.66. The van der Waals surface area contributed by atoms with Crippen LogP contribution in [0.1, 0.15) is 24.8 Å². The van der Waals surface area contributed by atoms with Gasteiger partial charge in [0.15, 0.2) is 0 Å². The van der Waals surface area contributed by atoms with E-state index in [4.69, 9.17) is 0 Å². The smallest absolute Gasteiger partial charge is 0.423 e. The Morgan fingerprint density at radius 3 is 2.76 bits per heavy atom. The van der Waals surface area contributed by atoms with E-state index in [2.05, 4.69) is 5.32 Å². The van der Waals surface area contributed by atoms with Gasteiger partial charge in [-0.3, -0.25) is 4.79 Å². The molecule has 1 aromatic rings. The maximum Gasteiger partial charge on any atom is 0.490 e. The summed E-state index contributed by atoms with van der Waals surface area (Å²) in [5, 5.41) is 21.2. The van der Waals surface area contributed by atoms with Crippen molar-refractivity contribution in [2.75, 3.05) is 5.32 Å². The fourth-order valence-electron chi connectivity index (χ4n) is 1.80. The van der Waals surface area contributed by atoms with Crippen LogP contribution in [0, 0.1) is 12.8 Å². The SMILES string of the molecule is Cc1ccc(NC(=O)CC2CC2)c(B(O)O)c1. The predicted octanol–water partition coefficient (Wildman–Crippen LogP) is 0.413. The number of amides is 1. The molecule has 1 aromatic carbocycles. The average molecular weight is 233 g/mol. The molecule has 4 nitrogen and oxygen atoms in total. The Kier molecular flexibility index (Phi) is 3.50. The number of carbonyl (C=O) groups excluding carboxylic acids is 1. The molecule has 1 aliphatic carbocycles. The van der Waals surface area contributed by atoms with Crippen LogP contribution < -0.4 is 10.8 Å². The van der Waals surface area contributed by atoms with Crippen LogP contribution in [0.15, 0.2) is 18.2 Å². The van der Waals surface area contributed by atoms with E-state index in [0.29, 0.717) is 23.5 Å². The van der Waals surface area contributed by atoms with Crippen molar-refractivity contribution in [2.45, 2.75) is 26.2 Å². The molecule has 2 rings (SSSR count). The normalized spacial score (nSPS) is 14.5. The molecule has 0 saturated heterocycles. The Labute approximate surface area is 101 Å². The number of rotatable bonds is 4. The molecular weight excluding hydrogens is 217 g/mol. The summed E-state index contributed by atoms with van der Waals surface area (Å²) in [4.78, 5) is 11.6. The molecule has 1 saturated carbocycles. The molecule has 5 heteroatoms. The number of benzene rings is 1. The highest BCUT2D eigenvalue weighted by molar-refractivity contribution is 6.60. The van der Waals surface area contributed by atoms with Crippen LogP contribution in [0.25, 0.3) is 0 Å². The highest BCUT2D eigenvalue weighted by Gasteiger charge is 2.25. The molecule has 0 aliphatic heterocycles. The summed E-state index contributed by atoms with van der Waals surface area (Å²) in [6.45, 7) is 1.86. The minimum Gasteiger partial charge on any atom is -0.423 e. The van der Waals surface area contributed by atoms with Gasteiger partial charge in [-0.25, -0.2) is 0 Å². The van der Waals surface area contributed by atoms with Gasteiger partial charge in [-0.1, -0.05) is 17.7 Å². The topological polar surface area (TPSA) is 69.6 Å². The van der Waals surface area contributed by atoms with Crippen LogP contribution in [-0.4, -0.2) is 23.1 Å². The summed E-state index contributed by atoms with van der Waals surface area (Å²) < 4.78 is 0. The number of aryl methyl sites for hydroxylation is 1. The molecule has 0 radical (unpaired) electrons. The van der Waals surface area contributed by atoms with Crippen molar-refractivity contribution in [1.82, 2.24) is 0 Å². The third-order valence-corrected chi connectivity index (χ3v) is 2.93. The first-order chi connectivity index (χ1) is 8.06. The van der Waals surface area contributed by atoms with Gasteiger partial charge in [0.25, 0.3) is 0 Å². The van der Waals surface area contributed by atoms with Gasteiger partial charge in [-0.05, 0) is 31.7 Å². The van der Waals surface area contributed by atoms with E-state index >= 15 is 0 Å². The fraction of sp³-hybridized carbons (Fsp3) is 0.417. The molecule has 1 aliphatic rings. The average Bonchev–Trinajstić information content (AvgIpc) is 3.04. The summed E-state index contributed by atoms with van der Waals surface area (Å²) in [6, 6.07) is 5.20. The molecule has 3 N–H and O–H groups in total.